The van der Waals surface area contributed by atoms with Crippen molar-refractivity contribution in [3.05, 3.63) is 0 Å². The van der Waals surface area contributed by atoms with Crippen LogP contribution >= 0.6 is 0 Å². The molecule has 0 aliphatic carbocycles. The largest absolute Gasteiger partial charge is 0.480 e. The van der Waals surface area contributed by atoms with Crippen LogP contribution in [-0.4, -0.2) is 40.1 Å². The van der Waals surface area contributed by atoms with Gasteiger partial charge in [0.15, 0.2) is 0 Å². The van der Waals surface area contributed by atoms with E-state index in [9.17, 15) is 9.59 Å². The molecule has 0 rings (SSSR count). The van der Waals surface area contributed by atoms with Crippen LogP contribution in [0.2, 0.25) is 0 Å². The van der Waals surface area contributed by atoms with E-state index in [1.54, 1.807) is 4.90 Å². The van der Waals surface area contributed by atoms with E-state index >= 15 is 0 Å². The Balaban J connectivity index is 4.95. The van der Waals surface area contributed by atoms with Gasteiger partial charge in [0.05, 0.1) is 0 Å². The fourth-order valence-corrected chi connectivity index (χ4v) is 1.91. The van der Waals surface area contributed by atoms with Gasteiger partial charge in [0.25, 0.3) is 0 Å². The van der Waals surface area contributed by atoms with Crippen LogP contribution in [0.15, 0.2) is 0 Å². The molecule has 5 heteroatoms. The number of hydrogen-bond donors (Lipinski definition) is 2. The number of carboxylic acids is 1. The van der Waals surface area contributed by atoms with E-state index < -0.39 is 11.5 Å². The van der Waals surface area contributed by atoms with Crippen molar-refractivity contribution in [1.29, 1.82) is 0 Å². The predicted octanol–water partition coefficient (Wildman–Crippen LogP) is 2.71. The highest BCUT2D eigenvalue weighted by Crippen LogP contribution is 2.13. The van der Waals surface area contributed by atoms with Crippen LogP contribution < -0.4 is 5.32 Å². The molecule has 0 heterocycles. The van der Waals surface area contributed by atoms with Gasteiger partial charge >= 0.3 is 12.0 Å². The van der Waals surface area contributed by atoms with Gasteiger partial charge in [0, 0.05) is 12.6 Å². The summed E-state index contributed by atoms with van der Waals surface area (Å²) in [4.78, 5) is 25.1. The molecule has 0 aromatic carbocycles. The molecule has 2 amide bonds. The van der Waals surface area contributed by atoms with E-state index in [1.807, 2.05) is 27.7 Å². The molecule has 2 N–H and O–H groups in total. The Labute approximate surface area is 116 Å². The predicted molar refractivity (Wildman–Crippen MR) is 76.2 cm³/mol. The van der Waals surface area contributed by atoms with Crippen molar-refractivity contribution >= 4 is 12.0 Å². The third-order valence-electron chi connectivity index (χ3n) is 3.16. The van der Waals surface area contributed by atoms with Crippen molar-refractivity contribution in [2.24, 2.45) is 5.92 Å². The molecule has 0 aromatic rings. The Morgan fingerprint density at radius 1 is 1.21 bits per heavy atom. The maximum Gasteiger partial charge on any atom is 0.328 e. The van der Waals surface area contributed by atoms with E-state index in [0.717, 1.165) is 12.8 Å². The Morgan fingerprint density at radius 2 is 1.68 bits per heavy atom. The normalized spacial score (nSPS) is 11.8. The third-order valence-corrected chi connectivity index (χ3v) is 3.16. The fraction of sp³-hybridized carbons (Fsp3) is 0.857. The molecule has 0 unspecified atom stereocenters. The Hall–Kier alpha value is -1.26. The molecule has 0 radical (unpaired) electrons. The van der Waals surface area contributed by atoms with E-state index in [2.05, 4.69) is 5.32 Å². The number of amides is 2. The lowest BCUT2D eigenvalue weighted by Crippen LogP contribution is -2.56. The molecular weight excluding hydrogens is 244 g/mol. The van der Waals surface area contributed by atoms with Crippen LogP contribution in [0.5, 0.6) is 0 Å². The van der Waals surface area contributed by atoms with Crippen molar-refractivity contribution < 1.29 is 14.7 Å². The lowest BCUT2D eigenvalue weighted by molar-refractivity contribution is -0.143. The quantitative estimate of drug-likeness (QED) is 0.748. The van der Waals surface area contributed by atoms with Gasteiger partial charge in [-0.2, -0.15) is 0 Å². The van der Waals surface area contributed by atoms with Crippen molar-refractivity contribution in [2.75, 3.05) is 6.54 Å². The van der Waals surface area contributed by atoms with E-state index in [4.69, 9.17) is 5.11 Å². The highest BCUT2D eigenvalue weighted by molar-refractivity contribution is 5.85. The smallest absolute Gasteiger partial charge is 0.328 e. The minimum atomic E-state index is -1.25. The molecule has 0 spiro atoms. The minimum absolute atomic E-state index is 0.145. The number of carboxylic acid groups (broad SMARTS) is 1. The zero-order chi connectivity index (χ0) is 15.2. The average molecular weight is 272 g/mol. The Kier molecular flexibility index (Phi) is 6.87. The Morgan fingerprint density at radius 3 is 2.00 bits per heavy atom. The van der Waals surface area contributed by atoms with Crippen molar-refractivity contribution in [2.45, 2.75) is 66.0 Å². The highest BCUT2D eigenvalue weighted by atomic mass is 16.4. The second kappa shape index (κ2) is 7.36. The number of carbonyl (C=O) groups excluding carboxylic acids is 1. The van der Waals surface area contributed by atoms with Crippen LogP contribution in [0.1, 0.15) is 54.4 Å². The lowest BCUT2D eigenvalue weighted by atomic mass is 10.1. The SMILES string of the molecule is CCC(CC)N(CC(C)C)C(=O)NC(C)(C)C(=O)O. The molecule has 0 atom stereocenters. The maximum absolute atomic E-state index is 12.3. The molecule has 0 aliphatic heterocycles. The van der Waals surface area contributed by atoms with E-state index in [0.29, 0.717) is 12.5 Å². The summed E-state index contributed by atoms with van der Waals surface area (Å²) in [6.07, 6.45) is 1.73. The topological polar surface area (TPSA) is 69.6 Å². The zero-order valence-corrected chi connectivity index (χ0v) is 13.0. The number of nitrogens with one attached hydrogen (secondary N) is 1. The number of urea groups is 1. The summed E-state index contributed by atoms with van der Waals surface area (Å²) in [5.74, 6) is -0.686. The van der Waals surface area contributed by atoms with Crippen LogP contribution in [0, 0.1) is 5.92 Å². The summed E-state index contributed by atoms with van der Waals surface area (Å²) >= 11 is 0. The van der Waals surface area contributed by atoms with Gasteiger partial charge < -0.3 is 15.3 Å². The second-order valence-corrected chi connectivity index (χ2v) is 5.88. The molecule has 0 fully saturated rings. The highest BCUT2D eigenvalue weighted by Gasteiger charge is 2.32. The summed E-state index contributed by atoms with van der Waals surface area (Å²) in [7, 11) is 0. The Bertz CT molecular complexity index is 310. The summed E-state index contributed by atoms with van der Waals surface area (Å²) in [5.41, 5.74) is -1.25. The first-order valence-electron chi connectivity index (χ1n) is 6.97. The van der Waals surface area contributed by atoms with Gasteiger partial charge in [-0.3, -0.25) is 0 Å². The van der Waals surface area contributed by atoms with Crippen molar-refractivity contribution in [3.63, 3.8) is 0 Å². The summed E-state index contributed by atoms with van der Waals surface area (Å²) in [5, 5.41) is 11.7. The first kappa shape index (κ1) is 17.7. The molecule has 0 saturated carbocycles. The summed E-state index contributed by atoms with van der Waals surface area (Å²) in [6, 6.07) is -0.151. The van der Waals surface area contributed by atoms with Gasteiger partial charge in [-0.25, -0.2) is 9.59 Å². The lowest BCUT2D eigenvalue weighted by Gasteiger charge is -2.34. The zero-order valence-electron chi connectivity index (χ0n) is 13.0. The molecule has 112 valence electrons. The first-order valence-corrected chi connectivity index (χ1v) is 6.97. The van der Waals surface area contributed by atoms with Crippen LogP contribution in [0.4, 0.5) is 4.79 Å². The second-order valence-electron chi connectivity index (χ2n) is 5.88. The number of nitrogens with zero attached hydrogens (tertiary/aromatic N) is 1. The van der Waals surface area contributed by atoms with Gasteiger partial charge in [-0.05, 0) is 32.6 Å². The maximum atomic E-state index is 12.3. The third kappa shape index (κ3) is 5.49. The average Bonchev–Trinajstić information content (AvgIpc) is 2.27. The van der Waals surface area contributed by atoms with Crippen LogP contribution in [-0.2, 0) is 4.79 Å². The van der Waals surface area contributed by atoms with Gasteiger partial charge in [-0.1, -0.05) is 27.7 Å². The molecular formula is C14H28N2O3. The van der Waals surface area contributed by atoms with Gasteiger partial charge in [0.1, 0.15) is 5.54 Å². The summed E-state index contributed by atoms with van der Waals surface area (Å²) in [6.45, 7) is 11.8. The van der Waals surface area contributed by atoms with Crippen LogP contribution in [0.3, 0.4) is 0 Å². The van der Waals surface area contributed by atoms with Crippen LogP contribution in [0.25, 0.3) is 0 Å². The molecule has 0 bridgehead atoms. The number of carbonyl (C=O) groups is 2. The molecule has 0 aliphatic rings. The van der Waals surface area contributed by atoms with Gasteiger partial charge in [-0.15, -0.1) is 0 Å². The summed E-state index contributed by atoms with van der Waals surface area (Å²) < 4.78 is 0. The number of rotatable bonds is 7. The molecule has 0 saturated heterocycles. The molecule has 0 aromatic heterocycles. The first-order chi connectivity index (χ1) is 8.65. The van der Waals surface area contributed by atoms with E-state index in [1.165, 1.54) is 13.8 Å². The van der Waals surface area contributed by atoms with Gasteiger partial charge in [0.2, 0.25) is 0 Å². The standard InChI is InChI=1S/C14H28N2O3/c1-7-11(8-2)16(9-10(3)4)13(19)15-14(5,6)12(17)18/h10-11H,7-9H2,1-6H3,(H,15,19)(H,17,18). The minimum Gasteiger partial charge on any atom is -0.480 e. The number of hydrogen-bond acceptors (Lipinski definition) is 2. The van der Waals surface area contributed by atoms with Crippen molar-refractivity contribution in [3.8, 4) is 0 Å². The number of aliphatic carboxylic acids is 1. The van der Waals surface area contributed by atoms with E-state index in [-0.39, 0.29) is 12.1 Å². The van der Waals surface area contributed by atoms with Crippen molar-refractivity contribution in [1.82, 2.24) is 10.2 Å². The monoisotopic (exact) mass is 272 g/mol. The fourth-order valence-electron chi connectivity index (χ4n) is 1.91. The molecule has 5 nitrogen and oxygen atoms in total. The molecule has 19 heavy (non-hydrogen) atoms.